The monoisotopic (exact) mass is 611 g/mol. The molecule has 230 valence electrons. The Kier molecular flexibility index (Phi) is 8.19. The van der Waals surface area contributed by atoms with E-state index >= 15 is 0 Å². The number of carbonyl (C=O) groups excluding carboxylic acids is 1. The summed E-state index contributed by atoms with van der Waals surface area (Å²) in [6.07, 6.45) is -9.34. The van der Waals surface area contributed by atoms with Crippen molar-refractivity contribution < 1.29 is 69.8 Å². The fourth-order valence-electron chi connectivity index (χ4n) is 4.59. The summed E-state index contributed by atoms with van der Waals surface area (Å²) in [5.74, 6) is -4.76. The smallest absolute Gasteiger partial charge is 0.402 e. The van der Waals surface area contributed by atoms with E-state index in [1.807, 2.05) is 0 Å². The number of carbonyl (C=O) groups is 1. The summed E-state index contributed by atoms with van der Waals surface area (Å²) in [7, 11) is 0. The first-order valence-electron chi connectivity index (χ1n) is 13.0. The van der Waals surface area contributed by atoms with Crippen molar-refractivity contribution in [3.63, 3.8) is 0 Å². The van der Waals surface area contributed by atoms with Crippen LogP contribution in [0.5, 0.6) is 40.2 Å². The predicted octanol–water partition coefficient (Wildman–Crippen LogP) is 1.44. The third-order valence-corrected chi connectivity index (χ3v) is 6.93. The highest BCUT2D eigenvalue weighted by molar-refractivity contribution is 5.97. The highest BCUT2D eigenvalue weighted by Crippen LogP contribution is 2.45. The van der Waals surface area contributed by atoms with Gasteiger partial charge in [-0.25, -0.2) is 4.42 Å². The number of hydrogen-bond donors (Lipinski definition) is 10. The Hall–Kier alpha value is -5.12. The summed E-state index contributed by atoms with van der Waals surface area (Å²) in [6.45, 7) is 0. The zero-order chi connectivity index (χ0) is 31.9. The van der Waals surface area contributed by atoms with Crippen LogP contribution in [0.3, 0.4) is 0 Å². The highest BCUT2D eigenvalue weighted by Gasteiger charge is 2.49. The van der Waals surface area contributed by atoms with E-state index in [0.717, 1.165) is 30.3 Å². The van der Waals surface area contributed by atoms with Crippen LogP contribution in [0.4, 0.5) is 0 Å². The van der Waals surface area contributed by atoms with Crippen LogP contribution in [0.2, 0.25) is 0 Å². The second kappa shape index (κ2) is 11.9. The van der Waals surface area contributed by atoms with Crippen LogP contribution >= 0.6 is 0 Å². The number of benzene rings is 3. The number of phenolic OH excluding ortho intramolecular Hbond substituents is 6. The molecule has 1 aliphatic heterocycles. The molecule has 14 nitrogen and oxygen atoms in total. The van der Waals surface area contributed by atoms with Crippen molar-refractivity contribution in [1.82, 2.24) is 0 Å². The molecule has 14 heteroatoms. The molecule has 10 N–H and O–H groups in total. The molecule has 3 aromatic carbocycles. The first kappa shape index (κ1) is 30.3. The number of rotatable bonds is 7. The predicted molar refractivity (Wildman–Crippen MR) is 150 cm³/mol. The summed E-state index contributed by atoms with van der Waals surface area (Å²) >= 11 is 0. The van der Waals surface area contributed by atoms with E-state index in [4.69, 9.17) is 13.9 Å². The zero-order valence-corrected chi connectivity index (χ0v) is 22.4. The molecule has 6 atom stereocenters. The van der Waals surface area contributed by atoms with Crippen molar-refractivity contribution in [1.29, 1.82) is 0 Å². The van der Waals surface area contributed by atoms with E-state index in [2.05, 4.69) is 0 Å². The van der Waals surface area contributed by atoms with E-state index in [-0.39, 0.29) is 39.5 Å². The van der Waals surface area contributed by atoms with Crippen molar-refractivity contribution in [3.8, 4) is 51.6 Å². The van der Waals surface area contributed by atoms with Gasteiger partial charge in [0.05, 0.1) is 11.6 Å². The van der Waals surface area contributed by atoms with Gasteiger partial charge in [0, 0.05) is 24.3 Å². The molecule has 0 amide bonds. The lowest BCUT2D eigenvalue weighted by Crippen LogP contribution is -2.63. The second-order valence-electron chi connectivity index (χ2n) is 10.0. The third-order valence-electron chi connectivity index (χ3n) is 6.93. The molecule has 0 bridgehead atoms. The minimum atomic E-state index is -2.05. The third kappa shape index (κ3) is 5.88. The number of ether oxygens (including phenoxy) is 2. The number of ketones is 1. The average Bonchev–Trinajstić information content (AvgIpc) is 2.99. The Labute approximate surface area is 247 Å². The maximum Gasteiger partial charge on any atom is 0.402 e. The molecule has 0 spiro atoms. The first-order chi connectivity index (χ1) is 20.8. The van der Waals surface area contributed by atoms with Gasteiger partial charge in [0.15, 0.2) is 23.0 Å². The minimum Gasteiger partial charge on any atom is -0.508 e. The summed E-state index contributed by atoms with van der Waals surface area (Å²) in [5, 5.41) is 102. The Morgan fingerprint density at radius 3 is 2.14 bits per heavy atom. The van der Waals surface area contributed by atoms with E-state index in [0.29, 0.717) is 5.56 Å². The lowest BCUT2D eigenvalue weighted by atomic mass is 9.93. The molecule has 1 aliphatic rings. The molecule has 0 saturated carbocycles. The fourth-order valence-corrected chi connectivity index (χ4v) is 4.59. The molecule has 0 aliphatic carbocycles. The van der Waals surface area contributed by atoms with Gasteiger partial charge in [-0.15, -0.1) is 0 Å². The van der Waals surface area contributed by atoms with Crippen LogP contribution in [0, 0.1) is 0 Å². The zero-order valence-electron chi connectivity index (χ0n) is 22.4. The molecular formula is C30H27O14+. The molecule has 0 radical (unpaired) electrons. The molecule has 44 heavy (non-hydrogen) atoms. The summed E-state index contributed by atoms with van der Waals surface area (Å²) in [5.41, 5.74) is 0.298. The van der Waals surface area contributed by atoms with Gasteiger partial charge in [-0.1, -0.05) is 18.2 Å². The molecule has 1 fully saturated rings. The first-order valence-corrected chi connectivity index (χ1v) is 13.0. The Balaban J connectivity index is 1.49. The van der Waals surface area contributed by atoms with Gasteiger partial charge in [-0.2, -0.15) is 0 Å². The van der Waals surface area contributed by atoms with Gasteiger partial charge in [0.2, 0.25) is 12.0 Å². The largest absolute Gasteiger partial charge is 0.508 e. The number of hydrogen-bond acceptors (Lipinski definition) is 13. The number of aromatic hydroxyl groups is 6. The summed E-state index contributed by atoms with van der Waals surface area (Å²) < 4.78 is 17.1. The van der Waals surface area contributed by atoms with Crippen molar-refractivity contribution in [2.75, 3.05) is 0 Å². The molecule has 1 aromatic heterocycles. The van der Waals surface area contributed by atoms with Gasteiger partial charge in [0.25, 0.3) is 0 Å². The maximum absolute atomic E-state index is 12.7. The van der Waals surface area contributed by atoms with E-state index in [1.54, 1.807) is 0 Å². The van der Waals surface area contributed by atoms with Crippen LogP contribution in [-0.4, -0.2) is 93.7 Å². The quantitative estimate of drug-likeness (QED) is 0.0807. The van der Waals surface area contributed by atoms with Crippen LogP contribution in [-0.2, 0) is 9.53 Å². The normalized spacial score (nSPS) is 22.7. The minimum absolute atomic E-state index is 0.000529. The van der Waals surface area contributed by atoms with Gasteiger partial charge < -0.3 is 60.5 Å². The van der Waals surface area contributed by atoms with Gasteiger partial charge in [0.1, 0.15) is 53.2 Å². The fraction of sp³-hybridized carbons (Fsp3) is 0.200. The van der Waals surface area contributed by atoms with Gasteiger partial charge in [-0.05, 0) is 23.8 Å². The topological polar surface area (TPSA) is 249 Å². The van der Waals surface area contributed by atoms with Crippen molar-refractivity contribution in [2.45, 2.75) is 36.8 Å². The second-order valence-corrected chi connectivity index (χ2v) is 10.0. The number of fused-ring (bicyclic) bond motifs is 1. The van der Waals surface area contributed by atoms with Crippen LogP contribution in [0.15, 0.2) is 65.1 Å². The molecule has 2 heterocycles. The number of aliphatic hydroxyl groups excluding tert-OH is 4. The Morgan fingerprint density at radius 1 is 0.818 bits per heavy atom. The Bertz CT molecular complexity index is 1710. The van der Waals surface area contributed by atoms with Crippen LogP contribution in [0.25, 0.3) is 28.4 Å². The van der Waals surface area contributed by atoms with Crippen molar-refractivity contribution in [2.24, 2.45) is 0 Å². The average molecular weight is 612 g/mol. The van der Waals surface area contributed by atoms with Crippen molar-refractivity contribution in [3.05, 3.63) is 66.2 Å². The molecule has 4 aromatic rings. The number of phenols is 6. The van der Waals surface area contributed by atoms with E-state index < -0.39 is 65.6 Å². The summed E-state index contributed by atoms with van der Waals surface area (Å²) in [6, 6.07) is 11.0. The van der Waals surface area contributed by atoms with E-state index in [1.165, 1.54) is 36.4 Å². The standard InChI is InChI=1S/C30H26O14/c31-14-4-1-12(2-5-14)3-6-17(33)24(38)29-26(40)25(39)27(41)30(44-29)43-22-11-16-18(34)9-15(32)10-21(16)42-28(22)13-7-19(35)23(37)20(36)8-13/h1-11,24-27,29-30,38-41H,(H5-,31,32,33,34,35,36,37)/p+1/t24?,25-,26-,27+,29+,30+/m0/s1. The van der Waals surface area contributed by atoms with Gasteiger partial charge in [-0.3, -0.25) is 4.79 Å². The molecule has 1 saturated heterocycles. The molecule has 1 unspecified atom stereocenters. The maximum atomic E-state index is 12.7. The van der Waals surface area contributed by atoms with Crippen LogP contribution in [0.1, 0.15) is 5.56 Å². The van der Waals surface area contributed by atoms with Crippen molar-refractivity contribution >= 4 is 22.8 Å². The highest BCUT2D eigenvalue weighted by atomic mass is 16.7. The van der Waals surface area contributed by atoms with Crippen LogP contribution < -0.4 is 4.74 Å². The van der Waals surface area contributed by atoms with E-state index in [9.17, 15) is 55.9 Å². The van der Waals surface area contributed by atoms with Gasteiger partial charge >= 0.3 is 11.3 Å². The lowest BCUT2D eigenvalue weighted by molar-refractivity contribution is -0.285. The molecular weight excluding hydrogens is 584 g/mol. The Morgan fingerprint density at radius 2 is 1.48 bits per heavy atom. The lowest BCUT2D eigenvalue weighted by Gasteiger charge is -2.41. The number of aliphatic hydroxyl groups is 4. The summed E-state index contributed by atoms with van der Waals surface area (Å²) in [4.78, 5) is 12.7. The SMILES string of the molecule is O=C(C=Cc1ccc(O)cc1)C(O)[C@H]1O[C@@H](Oc2cc3c(O)cc(O)cc3[o+]c2-c2cc(O)c(O)c(O)c2)[C@H](O)[C@@H](O)[C@@H]1O. The molecule has 5 rings (SSSR count).